The number of hydrogen-bond donors (Lipinski definition) is 1. The van der Waals surface area contributed by atoms with Gasteiger partial charge in [-0.25, -0.2) is 15.0 Å². The number of fused-ring (bicyclic) bond motifs is 1. The van der Waals surface area contributed by atoms with E-state index in [0.29, 0.717) is 12.6 Å². The molecule has 0 amide bonds. The Kier molecular flexibility index (Phi) is 3.75. The third kappa shape index (κ3) is 2.44. The molecule has 0 aliphatic heterocycles. The van der Waals surface area contributed by atoms with Crippen LogP contribution in [0, 0.1) is 0 Å². The molecule has 106 valence electrons. The van der Waals surface area contributed by atoms with Crippen molar-refractivity contribution in [3.8, 4) is 5.95 Å². The highest BCUT2D eigenvalue weighted by Crippen LogP contribution is 2.29. The molecule has 1 aliphatic carbocycles. The Morgan fingerprint density at radius 1 is 1.45 bits per heavy atom. The van der Waals surface area contributed by atoms with Gasteiger partial charge in [0.25, 0.3) is 0 Å². The smallest absolute Gasteiger partial charge is 0.235 e. The Morgan fingerprint density at radius 3 is 3.10 bits per heavy atom. The Bertz CT molecular complexity index is 582. The van der Waals surface area contributed by atoms with Gasteiger partial charge >= 0.3 is 0 Å². The molecule has 1 atom stereocenters. The molecule has 20 heavy (non-hydrogen) atoms. The van der Waals surface area contributed by atoms with Crippen LogP contribution in [0.3, 0.4) is 0 Å². The van der Waals surface area contributed by atoms with Gasteiger partial charge in [-0.1, -0.05) is 0 Å². The molecule has 0 saturated carbocycles. The number of aryl methyl sites for hydroxylation is 1. The lowest BCUT2D eigenvalue weighted by molar-refractivity contribution is 0.201. The summed E-state index contributed by atoms with van der Waals surface area (Å²) in [6, 6.07) is 0.0439. The first-order valence-electron chi connectivity index (χ1n) is 6.92. The number of aromatic nitrogens is 4. The number of rotatable bonds is 4. The van der Waals surface area contributed by atoms with Crippen LogP contribution in [0.5, 0.6) is 0 Å². The molecule has 0 fully saturated rings. The zero-order valence-electron chi connectivity index (χ0n) is 11.6. The van der Waals surface area contributed by atoms with Crippen LogP contribution in [0.15, 0.2) is 18.7 Å². The van der Waals surface area contributed by atoms with Crippen LogP contribution >= 0.6 is 0 Å². The molecule has 2 aromatic rings. The summed E-state index contributed by atoms with van der Waals surface area (Å²) in [7, 11) is 1.70. The molecule has 2 aromatic heterocycles. The monoisotopic (exact) mass is 273 g/mol. The Morgan fingerprint density at radius 2 is 2.35 bits per heavy atom. The first-order chi connectivity index (χ1) is 9.79. The fourth-order valence-electron chi connectivity index (χ4n) is 2.69. The second-order valence-corrected chi connectivity index (χ2v) is 5.04. The lowest BCUT2D eigenvalue weighted by Crippen LogP contribution is -2.23. The van der Waals surface area contributed by atoms with Gasteiger partial charge in [0.15, 0.2) is 0 Å². The van der Waals surface area contributed by atoms with Crippen molar-refractivity contribution in [3.05, 3.63) is 35.7 Å². The maximum absolute atomic E-state index is 6.25. The van der Waals surface area contributed by atoms with E-state index in [0.717, 1.165) is 42.6 Å². The van der Waals surface area contributed by atoms with Gasteiger partial charge in [-0.15, -0.1) is 0 Å². The normalized spacial score (nSPS) is 18.0. The van der Waals surface area contributed by atoms with Gasteiger partial charge in [-0.3, -0.25) is 4.57 Å². The Balaban J connectivity index is 2.06. The van der Waals surface area contributed by atoms with E-state index in [-0.39, 0.29) is 6.04 Å². The molecular formula is C14H19N5O. The molecule has 3 rings (SSSR count). The van der Waals surface area contributed by atoms with Crippen LogP contribution in [0.4, 0.5) is 0 Å². The van der Waals surface area contributed by atoms with Gasteiger partial charge in [0.05, 0.1) is 18.0 Å². The standard InChI is InChI=1S/C14H19N5O/c1-20-8-5-12-13-10(15)3-2-4-11(13)17-14(18-12)19-7-6-16-9-19/h6-7,9-10H,2-5,8,15H2,1H3. The molecule has 1 unspecified atom stereocenters. The van der Waals surface area contributed by atoms with Crippen molar-refractivity contribution in [1.82, 2.24) is 19.5 Å². The molecule has 0 bridgehead atoms. The fraction of sp³-hybridized carbons (Fsp3) is 0.500. The Hall–Kier alpha value is -1.79. The molecule has 0 saturated heterocycles. The highest BCUT2D eigenvalue weighted by atomic mass is 16.5. The van der Waals surface area contributed by atoms with E-state index in [4.69, 9.17) is 10.5 Å². The quantitative estimate of drug-likeness (QED) is 0.905. The van der Waals surface area contributed by atoms with E-state index < -0.39 is 0 Å². The predicted octanol–water partition coefficient (Wildman–Crippen LogP) is 1.19. The van der Waals surface area contributed by atoms with Gasteiger partial charge in [0.2, 0.25) is 5.95 Å². The summed E-state index contributed by atoms with van der Waals surface area (Å²) in [4.78, 5) is 13.4. The summed E-state index contributed by atoms with van der Waals surface area (Å²) >= 11 is 0. The summed E-state index contributed by atoms with van der Waals surface area (Å²) in [6.07, 6.45) is 9.10. The van der Waals surface area contributed by atoms with E-state index in [1.807, 2.05) is 10.8 Å². The highest BCUT2D eigenvalue weighted by molar-refractivity contribution is 5.34. The summed E-state index contributed by atoms with van der Waals surface area (Å²) in [5.41, 5.74) is 9.45. The molecule has 6 heteroatoms. The van der Waals surface area contributed by atoms with Crippen molar-refractivity contribution >= 4 is 0 Å². The first kappa shape index (κ1) is 13.2. The van der Waals surface area contributed by atoms with Crippen molar-refractivity contribution in [3.63, 3.8) is 0 Å². The lowest BCUT2D eigenvalue weighted by atomic mass is 9.90. The number of nitrogens with zero attached hydrogens (tertiary/aromatic N) is 4. The highest BCUT2D eigenvalue weighted by Gasteiger charge is 2.23. The van der Waals surface area contributed by atoms with Crippen molar-refractivity contribution in [2.24, 2.45) is 5.73 Å². The molecule has 2 N–H and O–H groups in total. The minimum Gasteiger partial charge on any atom is -0.384 e. The van der Waals surface area contributed by atoms with Crippen LogP contribution < -0.4 is 5.73 Å². The maximum atomic E-state index is 6.25. The number of nitrogens with two attached hydrogens (primary N) is 1. The average Bonchev–Trinajstić information content (AvgIpc) is 2.98. The molecule has 0 aromatic carbocycles. The number of imidazole rings is 1. The minimum absolute atomic E-state index is 0.0439. The second kappa shape index (κ2) is 5.68. The van der Waals surface area contributed by atoms with Gasteiger partial charge in [-0.2, -0.15) is 0 Å². The molecule has 0 spiro atoms. The van der Waals surface area contributed by atoms with Gasteiger partial charge < -0.3 is 10.5 Å². The van der Waals surface area contributed by atoms with Crippen molar-refractivity contribution in [2.45, 2.75) is 31.7 Å². The van der Waals surface area contributed by atoms with E-state index in [2.05, 4.69) is 15.0 Å². The molecule has 1 aliphatic rings. The van der Waals surface area contributed by atoms with Gasteiger partial charge in [-0.05, 0) is 19.3 Å². The third-order valence-electron chi connectivity index (χ3n) is 3.67. The average molecular weight is 273 g/mol. The summed E-state index contributed by atoms with van der Waals surface area (Å²) in [5.74, 6) is 0.668. The van der Waals surface area contributed by atoms with E-state index in [1.165, 1.54) is 0 Å². The van der Waals surface area contributed by atoms with E-state index >= 15 is 0 Å². The van der Waals surface area contributed by atoms with Crippen molar-refractivity contribution < 1.29 is 4.74 Å². The molecular weight excluding hydrogens is 254 g/mol. The lowest BCUT2D eigenvalue weighted by Gasteiger charge is -2.24. The Labute approximate surface area is 118 Å². The van der Waals surface area contributed by atoms with Crippen LogP contribution in [0.2, 0.25) is 0 Å². The second-order valence-electron chi connectivity index (χ2n) is 5.04. The topological polar surface area (TPSA) is 78.8 Å². The first-order valence-corrected chi connectivity index (χ1v) is 6.92. The van der Waals surface area contributed by atoms with E-state index in [9.17, 15) is 0 Å². The van der Waals surface area contributed by atoms with Crippen molar-refractivity contribution in [1.29, 1.82) is 0 Å². The zero-order chi connectivity index (χ0) is 13.9. The zero-order valence-corrected chi connectivity index (χ0v) is 11.6. The third-order valence-corrected chi connectivity index (χ3v) is 3.67. The molecule has 6 nitrogen and oxygen atoms in total. The van der Waals surface area contributed by atoms with Crippen LogP contribution in [0.1, 0.15) is 35.8 Å². The summed E-state index contributed by atoms with van der Waals surface area (Å²) < 4.78 is 7.01. The number of methoxy groups -OCH3 is 1. The van der Waals surface area contributed by atoms with Crippen LogP contribution in [0.25, 0.3) is 5.95 Å². The number of ether oxygens (including phenoxy) is 1. The van der Waals surface area contributed by atoms with Crippen LogP contribution in [-0.2, 0) is 17.6 Å². The SMILES string of the molecule is COCCc1nc(-n2ccnc2)nc2c1C(N)CCC2. The predicted molar refractivity (Wildman–Crippen MR) is 74.6 cm³/mol. The maximum Gasteiger partial charge on any atom is 0.235 e. The fourth-order valence-corrected chi connectivity index (χ4v) is 2.69. The molecule has 2 heterocycles. The largest absolute Gasteiger partial charge is 0.384 e. The van der Waals surface area contributed by atoms with Gasteiger partial charge in [0.1, 0.15) is 6.33 Å². The minimum atomic E-state index is 0.0439. The van der Waals surface area contributed by atoms with Gasteiger partial charge in [0, 0.05) is 37.5 Å². The summed E-state index contributed by atoms with van der Waals surface area (Å²) in [5, 5.41) is 0. The molecule has 0 radical (unpaired) electrons. The number of hydrogen-bond acceptors (Lipinski definition) is 5. The van der Waals surface area contributed by atoms with E-state index in [1.54, 1.807) is 19.6 Å². The van der Waals surface area contributed by atoms with Crippen LogP contribution in [-0.4, -0.2) is 33.2 Å². The van der Waals surface area contributed by atoms with Crippen molar-refractivity contribution in [2.75, 3.05) is 13.7 Å². The summed E-state index contributed by atoms with van der Waals surface area (Å²) in [6.45, 7) is 0.638.